The quantitative estimate of drug-likeness (QED) is 0.736. The molecule has 1 aromatic heterocycles. The maximum absolute atomic E-state index is 12.2. The van der Waals surface area contributed by atoms with Crippen LogP contribution in [-0.2, 0) is 19.5 Å². The van der Waals surface area contributed by atoms with Crippen LogP contribution in [0.2, 0.25) is 0 Å². The van der Waals surface area contributed by atoms with Gasteiger partial charge in [0.1, 0.15) is 5.56 Å². The first kappa shape index (κ1) is 15.9. The smallest absolute Gasteiger partial charge is 0.342 e. The molecule has 1 saturated heterocycles. The average molecular weight is 317 g/mol. The second-order valence-corrected chi connectivity index (χ2v) is 6.38. The van der Waals surface area contributed by atoms with Gasteiger partial charge in [-0.15, -0.1) is 0 Å². The van der Waals surface area contributed by atoms with E-state index in [9.17, 15) is 13.2 Å². The summed E-state index contributed by atoms with van der Waals surface area (Å²) in [7, 11) is -3.86. The molecule has 118 valence electrons. The minimum Gasteiger partial charge on any atom is -0.462 e. The molecule has 21 heavy (non-hydrogen) atoms. The number of carbonyl (C=O) groups is 1. The van der Waals surface area contributed by atoms with Gasteiger partial charge < -0.3 is 9.47 Å². The molecule has 1 unspecified atom stereocenters. The van der Waals surface area contributed by atoms with Gasteiger partial charge in [-0.1, -0.05) is 0 Å². The van der Waals surface area contributed by atoms with Gasteiger partial charge in [-0.05, 0) is 26.2 Å². The average Bonchev–Trinajstić information content (AvgIpc) is 2.97. The van der Waals surface area contributed by atoms with E-state index in [0.717, 1.165) is 25.5 Å². The van der Waals surface area contributed by atoms with Crippen LogP contribution in [0.4, 0.5) is 0 Å². The summed E-state index contributed by atoms with van der Waals surface area (Å²) in [5.74, 6) is -0.722. The van der Waals surface area contributed by atoms with Crippen LogP contribution in [0.3, 0.4) is 0 Å². The summed E-state index contributed by atoms with van der Waals surface area (Å²) in [4.78, 5) is 11.7. The number of sulfonamides is 1. The Kier molecular flexibility index (Phi) is 5.32. The second-order valence-electron chi connectivity index (χ2n) is 4.67. The number of nitrogens with zero attached hydrogens (tertiary/aromatic N) is 1. The van der Waals surface area contributed by atoms with Crippen molar-refractivity contribution in [3.63, 3.8) is 0 Å². The molecule has 0 aliphatic carbocycles. The first-order chi connectivity index (χ1) is 10.0. The second kappa shape index (κ2) is 7.01. The molecule has 0 saturated carbocycles. The third-order valence-corrected chi connectivity index (χ3v) is 4.54. The van der Waals surface area contributed by atoms with Gasteiger partial charge in [0.15, 0.2) is 5.03 Å². The van der Waals surface area contributed by atoms with Gasteiger partial charge in [0.2, 0.25) is 0 Å². The summed E-state index contributed by atoms with van der Waals surface area (Å²) in [6.07, 6.45) is 3.84. The zero-order valence-corrected chi connectivity index (χ0v) is 12.6. The minimum atomic E-state index is -3.86. The highest BCUT2D eigenvalue weighted by Gasteiger charge is 2.27. The van der Waals surface area contributed by atoms with Crippen LogP contribution in [0.25, 0.3) is 0 Å². The van der Waals surface area contributed by atoms with Crippen molar-refractivity contribution >= 4 is 16.0 Å². The Hall–Kier alpha value is -1.45. The normalized spacial score (nSPS) is 19.4. The molecule has 1 fully saturated rings. The van der Waals surface area contributed by atoms with E-state index in [4.69, 9.17) is 9.47 Å². The fourth-order valence-corrected chi connectivity index (χ4v) is 3.22. The molecule has 2 N–H and O–H groups in total. The van der Waals surface area contributed by atoms with E-state index >= 15 is 0 Å². The summed E-state index contributed by atoms with van der Waals surface area (Å²) >= 11 is 0. The summed E-state index contributed by atoms with van der Waals surface area (Å²) in [5, 5.41) is 5.66. The van der Waals surface area contributed by atoms with Crippen molar-refractivity contribution in [2.24, 2.45) is 0 Å². The van der Waals surface area contributed by atoms with Gasteiger partial charge in [-0.25, -0.2) is 17.9 Å². The van der Waals surface area contributed by atoms with E-state index in [0.29, 0.717) is 6.61 Å². The molecule has 2 rings (SSSR count). The molecular formula is C12H19N3O5S. The lowest BCUT2D eigenvalue weighted by atomic mass is 10.1. The Bertz CT molecular complexity index is 577. The summed E-state index contributed by atoms with van der Waals surface area (Å²) in [5.41, 5.74) is -0.103. The highest BCUT2D eigenvalue weighted by atomic mass is 32.2. The summed E-state index contributed by atoms with van der Waals surface area (Å²) in [6, 6.07) is 0. The maximum Gasteiger partial charge on any atom is 0.342 e. The van der Waals surface area contributed by atoms with Gasteiger partial charge in [0, 0.05) is 13.2 Å². The predicted octanol–water partition coefficient (Wildman–Crippen LogP) is 0.434. The minimum absolute atomic E-state index is 0.103. The van der Waals surface area contributed by atoms with Gasteiger partial charge in [-0.3, -0.25) is 5.10 Å². The molecular weight excluding hydrogens is 298 g/mol. The molecule has 0 spiro atoms. The molecule has 8 nitrogen and oxygen atoms in total. The van der Waals surface area contributed by atoms with Crippen molar-refractivity contribution in [1.29, 1.82) is 0 Å². The zero-order chi connectivity index (χ0) is 15.3. The summed E-state index contributed by atoms with van der Waals surface area (Å²) < 4.78 is 37.1. The number of aromatic nitrogens is 2. The van der Waals surface area contributed by atoms with Crippen molar-refractivity contribution < 1.29 is 22.7 Å². The molecule has 0 bridgehead atoms. The third kappa shape index (κ3) is 4.02. The molecule has 1 aromatic rings. The lowest BCUT2D eigenvalue weighted by Gasteiger charge is -2.22. The first-order valence-corrected chi connectivity index (χ1v) is 8.34. The molecule has 0 amide bonds. The lowest BCUT2D eigenvalue weighted by molar-refractivity contribution is 0.0200. The van der Waals surface area contributed by atoms with E-state index in [1.165, 1.54) is 0 Å². The highest BCUT2D eigenvalue weighted by molar-refractivity contribution is 7.89. The number of aromatic amines is 1. The molecule has 1 aliphatic heterocycles. The number of H-pyrrole nitrogens is 1. The monoisotopic (exact) mass is 317 g/mol. The van der Waals surface area contributed by atoms with E-state index in [-0.39, 0.29) is 29.8 Å². The van der Waals surface area contributed by atoms with E-state index < -0.39 is 16.0 Å². The number of nitrogens with one attached hydrogen (secondary N) is 2. The van der Waals surface area contributed by atoms with Crippen LogP contribution < -0.4 is 4.72 Å². The van der Waals surface area contributed by atoms with Gasteiger partial charge in [0.25, 0.3) is 10.0 Å². The molecule has 0 radical (unpaired) electrons. The van der Waals surface area contributed by atoms with E-state index in [2.05, 4.69) is 14.9 Å². The van der Waals surface area contributed by atoms with Crippen LogP contribution in [0.15, 0.2) is 11.2 Å². The first-order valence-electron chi connectivity index (χ1n) is 6.86. The molecule has 9 heteroatoms. The van der Waals surface area contributed by atoms with Crippen LogP contribution >= 0.6 is 0 Å². The predicted molar refractivity (Wildman–Crippen MR) is 73.3 cm³/mol. The fraction of sp³-hybridized carbons (Fsp3) is 0.667. The van der Waals surface area contributed by atoms with Crippen LogP contribution in [-0.4, -0.2) is 50.4 Å². The van der Waals surface area contributed by atoms with Gasteiger partial charge in [0.05, 0.1) is 18.9 Å². The van der Waals surface area contributed by atoms with E-state index in [1.54, 1.807) is 6.92 Å². The molecule has 1 atom stereocenters. The Labute approximate surface area is 123 Å². The van der Waals surface area contributed by atoms with Crippen molar-refractivity contribution in [1.82, 2.24) is 14.9 Å². The fourth-order valence-electron chi connectivity index (χ4n) is 2.08. The number of ether oxygens (including phenoxy) is 2. The SMILES string of the molecule is CCOC(=O)c1cn[nH]c1S(=O)(=O)NCC1CCCCO1. The zero-order valence-electron chi connectivity index (χ0n) is 11.8. The number of hydrogen-bond acceptors (Lipinski definition) is 6. The van der Waals surface area contributed by atoms with Gasteiger partial charge >= 0.3 is 5.97 Å². The number of esters is 1. The van der Waals surface area contributed by atoms with Crippen LogP contribution in [0.5, 0.6) is 0 Å². The van der Waals surface area contributed by atoms with Crippen molar-refractivity contribution in [3.8, 4) is 0 Å². The largest absolute Gasteiger partial charge is 0.462 e. The van der Waals surface area contributed by atoms with Crippen LogP contribution in [0.1, 0.15) is 36.5 Å². The number of carbonyl (C=O) groups excluding carboxylic acids is 1. The highest BCUT2D eigenvalue weighted by Crippen LogP contribution is 2.15. The van der Waals surface area contributed by atoms with E-state index in [1.807, 2.05) is 0 Å². The Morgan fingerprint density at radius 3 is 3.05 bits per heavy atom. The molecule has 0 aromatic carbocycles. The Balaban J connectivity index is 2.05. The third-order valence-electron chi connectivity index (χ3n) is 3.14. The maximum atomic E-state index is 12.2. The van der Waals surface area contributed by atoms with Gasteiger partial charge in [-0.2, -0.15) is 5.10 Å². The topological polar surface area (TPSA) is 110 Å². The van der Waals surface area contributed by atoms with Crippen molar-refractivity contribution in [2.75, 3.05) is 19.8 Å². The molecule has 2 heterocycles. The van der Waals surface area contributed by atoms with Crippen molar-refractivity contribution in [3.05, 3.63) is 11.8 Å². The number of rotatable bonds is 6. The van der Waals surface area contributed by atoms with Crippen molar-refractivity contribution in [2.45, 2.75) is 37.3 Å². The molecule has 1 aliphatic rings. The number of hydrogen-bond donors (Lipinski definition) is 2. The standard InChI is InChI=1S/C12H19N3O5S/c1-2-19-12(16)10-8-13-15-11(10)21(17,18)14-7-9-5-3-4-6-20-9/h8-9,14H,2-7H2,1H3,(H,13,15). The lowest BCUT2D eigenvalue weighted by Crippen LogP contribution is -2.36. The summed E-state index contributed by atoms with van der Waals surface area (Å²) in [6.45, 7) is 2.62. The Morgan fingerprint density at radius 2 is 2.38 bits per heavy atom. The van der Waals surface area contributed by atoms with Crippen LogP contribution in [0, 0.1) is 0 Å². The Morgan fingerprint density at radius 1 is 1.57 bits per heavy atom.